The molecule has 0 unspecified atom stereocenters. The summed E-state index contributed by atoms with van der Waals surface area (Å²) in [6.07, 6.45) is 1.52. The van der Waals surface area contributed by atoms with E-state index in [0.717, 1.165) is 22.2 Å². The second-order valence-electron chi connectivity index (χ2n) is 7.55. The van der Waals surface area contributed by atoms with Crippen LogP contribution in [0.3, 0.4) is 0 Å². The Hall–Kier alpha value is -2.94. The normalized spacial score (nSPS) is 12.8. The van der Waals surface area contributed by atoms with Gasteiger partial charge in [-0.2, -0.15) is 0 Å². The number of amides is 1. The van der Waals surface area contributed by atoms with E-state index >= 15 is 0 Å². The van der Waals surface area contributed by atoms with E-state index in [9.17, 15) is 23.3 Å². The lowest BCUT2D eigenvalue weighted by Gasteiger charge is -2.32. The van der Waals surface area contributed by atoms with Gasteiger partial charge in [-0.3, -0.25) is 19.2 Å². The van der Waals surface area contributed by atoms with Crippen molar-refractivity contribution in [2.45, 2.75) is 38.8 Å². The Morgan fingerprint density at radius 2 is 1.79 bits per heavy atom. The van der Waals surface area contributed by atoms with Gasteiger partial charge in [-0.05, 0) is 38.8 Å². The van der Waals surface area contributed by atoms with Gasteiger partial charge in [0, 0.05) is 17.7 Å². The van der Waals surface area contributed by atoms with Crippen molar-refractivity contribution >= 4 is 27.3 Å². The van der Waals surface area contributed by atoms with Crippen LogP contribution < -0.4 is 9.62 Å². The van der Waals surface area contributed by atoms with Crippen LogP contribution in [-0.4, -0.2) is 37.1 Å². The molecule has 8 nitrogen and oxygen atoms in total. The van der Waals surface area contributed by atoms with Crippen LogP contribution in [0.25, 0.3) is 0 Å². The highest BCUT2D eigenvalue weighted by Gasteiger charge is 2.32. The maximum absolute atomic E-state index is 12.9. The van der Waals surface area contributed by atoms with Crippen LogP contribution in [0.5, 0.6) is 0 Å². The van der Waals surface area contributed by atoms with Crippen LogP contribution in [0.4, 0.5) is 11.4 Å². The number of nitrogens with one attached hydrogen (secondary N) is 1. The Kier molecular flexibility index (Phi) is 6.63. The third kappa shape index (κ3) is 6.02. The highest BCUT2D eigenvalue weighted by Crippen LogP contribution is 2.25. The second kappa shape index (κ2) is 8.60. The largest absolute Gasteiger partial charge is 0.349 e. The molecule has 1 atom stereocenters. The first-order chi connectivity index (χ1) is 13.4. The van der Waals surface area contributed by atoms with Gasteiger partial charge in [-0.15, -0.1) is 0 Å². The summed E-state index contributed by atoms with van der Waals surface area (Å²) in [7, 11) is -3.87. The van der Waals surface area contributed by atoms with Crippen LogP contribution in [0, 0.1) is 10.1 Å². The average molecular weight is 420 g/mol. The van der Waals surface area contributed by atoms with E-state index < -0.39 is 32.4 Å². The summed E-state index contributed by atoms with van der Waals surface area (Å²) in [6.45, 7) is 5.15. The van der Waals surface area contributed by atoms with Gasteiger partial charge in [0.2, 0.25) is 15.9 Å². The highest BCUT2D eigenvalue weighted by atomic mass is 32.2. The molecule has 0 aliphatic heterocycles. The maximum Gasteiger partial charge on any atom is 0.271 e. The number of benzene rings is 2. The Morgan fingerprint density at radius 3 is 2.34 bits per heavy atom. The zero-order valence-electron chi connectivity index (χ0n) is 16.8. The van der Waals surface area contributed by atoms with Crippen molar-refractivity contribution in [2.24, 2.45) is 0 Å². The SMILES string of the molecule is C[C@H](C(=O)NC(C)(C)Cc1ccccc1)N(c1cccc([N+](=O)[O-])c1)S(C)(=O)=O. The summed E-state index contributed by atoms with van der Waals surface area (Å²) in [4.78, 5) is 23.3. The van der Waals surface area contributed by atoms with Crippen molar-refractivity contribution in [2.75, 3.05) is 10.6 Å². The predicted octanol–water partition coefficient (Wildman–Crippen LogP) is 2.89. The first-order valence-corrected chi connectivity index (χ1v) is 10.9. The molecule has 1 amide bonds. The predicted molar refractivity (Wildman–Crippen MR) is 112 cm³/mol. The van der Waals surface area contributed by atoms with E-state index in [0.29, 0.717) is 6.42 Å². The molecule has 9 heteroatoms. The molecular weight excluding hydrogens is 394 g/mol. The molecule has 0 aliphatic rings. The number of hydrogen-bond acceptors (Lipinski definition) is 5. The standard InChI is InChI=1S/C20H25N3O5S/c1-15(19(24)21-20(2,3)14-16-9-6-5-7-10-16)22(29(4,27)28)17-11-8-12-18(13-17)23(25)26/h5-13,15H,14H2,1-4H3,(H,21,24)/t15-/m1/s1. The Labute approximate surface area is 170 Å². The quantitative estimate of drug-likeness (QED) is 0.523. The molecule has 0 heterocycles. The number of nitrogens with zero attached hydrogens (tertiary/aromatic N) is 2. The molecule has 2 rings (SSSR count). The van der Waals surface area contributed by atoms with Gasteiger partial charge in [0.1, 0.15) is 6.04 Å². The molecule has 0 fully saturated rings. The first-order valence-electron chi connectivity index (χ1n) is 9.00. The molecule has 1 N–H and O–H groups in total. The maximum atomic E-state index is 12.9. The molecule has 0 saturated heterocycles. The third-order valence-electron chi connectivity index (χ3n) is 4.33. The van der Waals surface area contributed by atoms with Crippen molar-refractivity contribution in [3.8, 4) is 0 Å². The molecule has 0 spiro atoms. The molecule has 29 heavy (non-hydrogen) atoms. The highest BCUT2D eigenvalue weighted by molar-refractivity contribution is 7.92. The summed E-state index contributed by atoms with van der Waals surface area (Å²) in [5.41, 5.74) is 0.209. The molecule has 156 valence electrons. The zero-order valence-corrected chi connectivity index (χ0v) is 17.6. The Balaban J connectivity index is 2.27. The molecule has 0 aliphatic carbocycles. The van der Waals surface area contributed by atoms with Gasteiger partial charge in [-0.1, -0.05) is 36.4 Å². The lowest BCUT2D eigenvalue weighted by molar-refractivity contribution is -0.384. The van der Waals surface area contributed by atoms with E-state index in [1.807, 2.05) is 44.2 Å². The number of carbonyl (C=O) groups is 1. The third-order valence-corrected chi connectivity index (χ3v) is 5.58. The minimum absolute atomic E-state index is 0.0604. The summed E-state index contributed by atoms with van der Waals surface area (Å²) in [6, 6.07) is 13.7. The Bertz CT molecular complexity index is 990. The summed E-state index contributed by atoms with van der Waals surface area (Å²) in [5, 5.41) is 13.9. The fraction of sp³-hybridized carbons (Fsp3) is 0.350. The average Bonchev–Trinajstić information content (AvgIpc) is 2.60. The van der Waals surface area contributed by atoms with E-state index in [2.05, 4.69) is 5.32 Å². The first kappa shape index (κ1) is 22.4. The molecule has 2 aromatic rings. The fourth-order valence-electron chi connectivity index (χ4n) is 3.14. The van der Waals surface area contributed by atoms with Crippen molar-refractivity contribution in [3.05, 3.63) is 70.3 Å². The van der Waals surface area contributed by atoms with E-state index in [-0.39, 0.29) is 11.4 Å². The number of sulfonamides is 1. The topological polar surface area (TPSA) is 110 Å². The fourth-order valence-corrected chi connectivity index (χ4v) is 4.31. The van der Waals surface area contributed by atoms with Crippen LogP contribution in [-0.2, 0) is 21.2 Å². The number of non-ortho nitro benzene ring substituents is 1. The van der Waals surface area contributed by atoms with Crippen molar-refractivity contribution < 1.29 is 18.1 Å². The van der Waals surface area contributed by atoms with E-state index in [1.165, 1.54) is 25.1 Å². The lowest BCUT2D eigenvalue weighted by Crippen LogP contribution is -2.54. The number of carbonyl (C=O) groups excluding carboxylic acids is 1. The van der Waals surface area contributed by atoms with Gasteiger partial charge in [0.25, 0.3) is 5.69 Å². The number of anilines is 1. The summed E-state index contributed by atoms with van der Waals surface area (Å²) < 4.78 is 25.7. The molecule has 0 aromatic heterocycles. The van der Waals surface area contributed by atoms with E-state index in [4.69, 9.17) is 0 Å². The monoisotopic (exact) mass is 419 g/mol. The Morgan fingerprint density at radius 1 is 1.17 bits per heavy atom. The smallest absolute Gasteiger partial charge is 0.271 e. The van der Waals surface area contributed by atoms with Crippen molar-refractivity contribution in [1.82, 2.24) is 5.32 Å². The minimum atomic E-state index is -3.87. The molecule has 0 saturated carbocycles. The number of rotatable bonds is 8. The summed E-state index contributed by atoms with van der Waals surface area (Å²) >= 11 is 0. The number of nitro groups is 1. The number of hydrogen-bond donors (Lipinski definition) is 1. The van der Waals surface area contributed by atoms with E-state index in [1.54, 1.807) is 0 Å². The minimum Gasteiger partial charge on any atom is -0.349 e. The molecule has 0 bridgehead atoms. The van der Waals surface area contributed by atoms with Crippen LogP contribution >= 0.6 is 0 Å². The van der Waals surface area contributed by atoms with Gasteiger partial charge in [0.05, 0.1) is 16.9 Å². The van der Waals surface area contributed by atoms with Gasteiger partial charge >= 0.3 is 0 Å². The van der Waals surface area contributed by atoms with Gasteiger partial charge < -0.3 is 5.32 Å². The lowest BCUT2D eigenvalue weighted by atomic mass is 9.94. The second-order valence-corrected chi connectivity index (χ2v) is 9.41. The van der Waals surface area contributed by atoms with Crippen molar-refractivity contribution in [3.63, 3.8) is 0 Å². The molecular formula is C20H25N3O5S. The van der Waals surface area contributed by atoms with Gasteiger partial charge in [0.15, 0.2) is 0 Å². The van der Waals surface area contributed by atoms with Gasteiger partial charge in [-0.25, -0.2) is 8.42 Å². The molecule has 0 radical (unpaired) electrons. The summed E-state index contributed by atoms with van der Waals surface area (Å²) in [5.74, 6) is -0.497. The van der Waals surface area contributed by atoms with Crippen LogP contribution in [0.15, 0.2) is 54.6 Å². The van der Waals surface area contributed by atoms with Crippen molar-refractivity contribution in [1.29, 1.82) is 0 Å². The zero-order chi connectivity index (χ0) is 21.8. The molecule has 2 aromatic carbocycles. The van der Waals surface area contributed by atoms with Crippen LogP contribution in [0.1, 0.15) is 26.3 Å². The number of nitro benzene ring substituents is 1. The van der Waals surface area contributed by atoms with Crippen LogP contribution in [0.2, 0.25) is 0 Å².